The number of anilines is 2. The average Bonchev–Trinajstić information content (AvgIpc) is 2.58. The summed E-state index contributed by atoms with van der Waals surface area (Å²) in [5, 5.41) is 19.7. The monoisotopic (exact) mass is 250 g/mol. The number of carboxylic acid groups (broad SMARTS) is 1. The summed E-state index contributed by atoms with van der Waals surface area (Å²) in [5.41, 5.74) is 0.884. The summed E-state index contributed by atoms with van der Waals surface area (Å²) in [5.74, 6) is -0.617. The van der Waals surface area contributed by atoms with Crippen LogP contribution >= 0.6 is 11.3 Å². The number of nitrogens with one attached hydrogen (secondary N) is 1. The molecule has 7 heteroatoms. The Morgan fingerprint density at radius 3 is 2.59 bits per heavy atom. The zero-order valence-electron chi connectivity index (χ0n) is 9.26. The van der Waals surface area contributed by atoms with E-state index in [4.69, 9.17) is 5.11 Å². The van der Waals surface area contributed by atoms with Crippen molar-refractivity contribution in [2.45, 2.75) is 13.8 Å². The van der Waals surface area contributed by atoms with Crippen LogP contribution in [0.25, 0.3) is 0 Å². The smallest absolute Gasteiger partial charge is 0.356 e. The minimum Gasteiger partial charge on any atom is -0.476 e. The molecule has 0 aliphatic carbocycles. The minimum atomic E-state index is -1.09. The van der Waals surface area contributed by atoms with Crippen molar-refractivity contribution >= 4 is 28.3 Å². The summed E-state index contributed by atoms with van der Waals surface area (Å²) < 4.78 is 0. The maximum atomic E-state index is 10.6. The molecule has 2 rings (SSSR count). The highest BCUT2D eigenvalue weighted by atomic mass is 32.1. The van der Waals surface area contributed by atoms with Crippen LogP contribution in [0.4, 0.5) is 10.9 Å². The molecule has 0 aliphatic heterocycles. The first-order valence-electron chi connectivity index (χ1n) is 4.84. The molecule has 0 aromatic carbocycles. The van der Waals surface area contributed by atoms with E-state index in [0.717, 1.165) is 15.7 Å². The fourth-order valence-corrected chi connectivity index (χ4v) is 1.97. The van der Waals surface area contributed by atoms with E-state index in [2.05, 4.69) is 20.5 Å². The third-order valence-corrected chi connectivity index (χ3v) is 3.14. The zero-order chi connectivity index (χ0) is 12.4. The molecule has 6 nitrogen and oxygen atoms in total. The molecule has 0 saturated carbocycles. The largest absolute Gasteiger partial charge is 0.476 e. The maximum absolute atomic E-state index is 10.6. The number of hydrogen-bond acceptors (Lipinski definition) is 6. The highest BCUT2D eigenvalue weighted by molar-refractivity contribution is 7.15. The predicted octanol–water partition coefficient (Wildman–Crippen LogP) is 1.99. The second-order valence-corrected chi connectivity index (χ2v) is 4.60. The van der Waals surface area contributed by atoms with Crippen molar-refractivity contribution in [2.75, 3.05) is 5.32 Å². The van der Waals surface area contributed by atoms with Gasteiger partial charge in [-0.25, -0.2) is 9.78 Å². The number of nitrogens with zero attached hydrogens (tertiary/aromatic N) is 3. The van der Waals surface area contributed by atoms with Crippen molar-refractivity contribution in [3.63, 3.8) is 0 Å². The molecule has 0 atom stereocenters. The van der Waals surface area contributed by atoms with Gasteiger partial charge < -0.3 is 10.4 Å². The Morgan fingerprint density at radius 2 is 2.12 bits per heavy atom. The second kappa shape index (κ2) is 4.46. The molecule has 2 heterocycles. The van der Waals surface area contributed by atoms with Gasteiger partial charge in [0.05, 0.1) is 5.69 Å². The van der Waals surface area contributed by atoms with E-state index >= 15 is 0 Å². The Hall–Kier alpha value is -2.02. The van der Waals surface area contributed by atoms with E-state index in [1.807, 2.05) is 13.8 Å². The highest BCUT2D eigenvalue weighted by Crippen LogP contribution is 2.23. The molecule has 2 N–H and O–H groups in total. The fraction of sp³-hybridized carbons (Fsp3) is 0.200. The molecule has 0 spiro atoms. The van der Waals surface area contributed by atoms with Gasteiger partial charge in [-0.2, -0.15) is 0 Å². The van der Waals surface area contributed by atoms with Crippen molar-refractivity contribution in [2.24, 2.45) is 0 Å². The molecule has 0 amide bonds. The van der Waals surface area contributed by atoms with Crippen LogP contribution < -0.4 is 5.32 Å². The Labute approximate surface area is 101 Å². The highest BCUT2D eigenvalue weighted by Gasteiger charge is 2.07. The van der Waals surface area contributed by atoms with Gasteiger partial charge in [0, 0.05) is 4.88 Å². The molecule has 0 saturated heterocycles. The summed E-state index contributed by atoms with van der Waals surface area (Å²) in [6.07, 6.45) is 0. The van der Waals surface area contributed by atoms with Crippen LogP contribution in [-0.2, 0) is 0 Å². The van der Waals surface area contributed by atoms with Gasteiger partial charge in [-0.1, -0.05) is 0 Å². The third kappa shape index (κ3) is 2.56. The van der Waals surface area contributed by atoms with Gasteiger partial charge in [0.2, 0.25) is 0 Å². The molecule has 0 bridgehead atoms. The van der Waals surface area contributed by atoms with Crippen LogP contribution in [0.5, 0.6) is 0 Å². The molecular weight excluding hydrogens is 240 g/mol. The van der Waals surface area contributed by atoms with Crippen LogP contribution in [0.3, 0.4) is 0 Å². The molecule has 2 aromatic heterocycles. The van der Waals surface area contributed by atoms with Gasteiger partial charge in [-0.3, -0.25) is 0 Å². The van der Waals surface area contributed by atoms with Crippen molar-refractivity contribution < 1.29 is 9.90 Å². The molecule has 2 aromatic rings. The SMILES string of the molecule is Cc1nc(Nc2ccc(C(=O)O)nn2)sc1C. The maximum Gasteiger partial charge on any atom is 0.356 e. The Kier molecular flexibility index (Phi) is 3.01. The van der Waals surface area contributed by atoms with E-state index in [0.29, 0.717) is 5.82 Å². The van der Waals surface area contributed by atoms with E-state index < -0.39 is 5.97 Å². The lowest BCUT2D eigenvalue weighted by Gasteiger charge is -1.99. The van der Waals surface area contributed by atoms with Crippen molar-refractivity contribution in [1.82, 2.24) is 15.2 Å². The van der Waals surface area contributed by atoms with Crippen molar-refractivity contribution in [3.05, 3.63) is 28.4 Å². The topological polar surface area (TPSA) is 88.0 Å². The lowest BCUT2D eigenvalue weighted by atomic mass is 10.4. The first kappa shape index (κ1) is 11.5. The quantitative estimate of drug-likeness (QED) is 0.866. The van der Waals surface area contributed by atoms with Gasteiger partial charge in [-0.15, -0.1) is 21.5 Å². The molecule has 0 unspecified atom stereocenters. The number of aromatic nitrogens is 3. The van der Waals surface area contributed by atoms with Crippen LogP contribution in [0, 0.1) is 13.8 Å². The van der Waals surface area contributed by atoms with Gasteiger partial charge in [0.15, 0.2) is 16.6 Å². The van der Waals surface area contributed by atoms with Crippen molar-refractivity contribution in [1.29, 1.82) is 0 Å². The Bertz CT molecular complexity index is 530. The summed E-state index contributed by atoms with van der Waals surface area (Å²) in [4.78, 5) is 16.0. The number of carbonyl (C=O) groups is 1. The molecular formula is C10H10N4O2S. The summed E-state index contributed by atoms with van der Waals surface area (Å²) in [7, 11) is 0. The lowest BCUT2D eigenvalue weighted by molar-refractivity contribution is 0.0689. The van der Waals surface area contributed by atoms with Crippen molar-refractivity contribution in [3.8, 4) is 0 Å². The number of thiazole rings is 1. The van der Waals surface area contributed by atoms with Crippen LogP contribution in [0.1, 0.15) is 21.1 Å². The van der Waals surface area contributed by atoms with Gasteiger partial charge in [0.25, 0.3) is 0 Å². The zero-order valence-corrected chi connectivity index (χ0v) is 10.1. The Morgan fingerprint density at radius 1 is 1.35 bits per heavy atom. The normalized spacial score (nSPS) is 10.2. The van der Waals surface area contributed by atoms with E-state index in [9.17, 15) is 4.79 Å². The summed E-state index contributed by atoms with van der Waals surface area (Å²) in [6, 6.07) is 2.95. The average molecular weight is 250 g/mol. The first-order chi connectivity index (χ1) is 8.06. The Balaban J connectivity index is 2.16. The second-order valence-electron chi connectivity index (χ2n) is 3.39. The minimum absolute atomic E-state index is 0.0814. The summed E-state index contributed by atoms with van der Waals surface area (Å²) in [6.45, 7) is 3.91. The van der Waals surface area contributed by atoms with E-state index in [-0.39, 0.29) is 5.69 Å². The van der Waals surface area contributed by atoms with Crippen LogP contribution in [0.2, 0.25) is 0 Å². The number of carboxylic acids is 1. The molecule has 0 aliphatic rings. The molecule has 0 fully saturated rings. The fourth-order valence-electron chi connectivity index (χ4n) is 1.15. The predicted molar refractivity (Wildman–Crippen MR) is 63.9 cm³/mol. The number of rotatable bonds is 3. The number of aryl methyl sites for hydroxylation is 2. The van der Waals surface area contributed by atoms with Gasteiger partial charge >= 0.3 is 5.97 Å². The third-order valence-electron chi connectivity index (χ3n) is 2.15. The first-order valence-corrected chi connectivity index (χ1v) is 5.66. The van der Waals surface area contributed by atoms with Crippen LogP contribution in [-0.4, -0.2) is 26.3 Å². The molecule has 17 heavy (non-hydrogen) atoms. The number of aromatic carboxylic acids is 1. The lowest BCUT2D eigenvalue weighted by Crippen LogP contribution is -2.03. The summed E-state index contributed by atoms with van der Waals surface area (Å²) >= 11 is 1.51. The molecule has 0 radical (unpaired) electrons. The van der Waals surface area contributed by atoms with Gasteiger partial charge in [-0.05, 0) is 26.0 Å². The number of hydrogen-bond donors (Lipinski definition) is 2. The van der Waals surface area contributed by atoms with E-state index in [1.165, 1.54) is 17.4 Å². The van der Waals surface area contributed by atoms with Gasteiger partial charge in [0.1, 0.15) is 0 Å². The molecule has 88 valence electrons. The van der Waals surface area contributed by atoms with Crippen LogP contribution in [0.15, 0.2) is 12.1 Å². The van der Waals surface area contributed by atoms with E-state index in [1.54, 1.807) is 6.07 Å². The standard InChI is InChI=1S/C10H10N4O2S/c1-5-6(2)17-10(11-5)12-8-4-3-7(9(15)16)13-14-8/h3-4H,1-2H3,(H,15,16)(H,11,12,14).